The van der Waals surface area contributed by atoms with Crippen molar-refractivity contribution in [3.05, 3.63) is 102 Å². The molecule has 0 unspecified atom stereocenters. The maximum absolute atomic E-state index is 12.5. The summed E-state index contributed by atoms with van der Waals surface area (Å²) in [7, 11) is 0. The molecule has 0 spiro atoms. The molecule has 0 fully saturated rings. The molecule has 1 N–H and O–H groups in total. The summed E-state index contributed by atoms with van der Waals surface area (Å²) < 4.78 is 2.15. The number of hydrogen-bond donors (Lipinski definition) is 1. The van der Waals surface area contributed by atoms with E-state index in [-0.39, 0.29) is 11.9 Å². The lowest BCUT2D eigenvalue weighted by Gasteiger charge is -2.20. The second kappa shape index (κ2) is 9.52. The van der Waals surface area contributed by atoms with Crippen LogP contribution in [0.25, 0.3) is 0 Å². The lowest BCUT2D eigenvalue weighted by Crippen LogP contribution is -2.32. The van der Waals surface area contributed by atoms with Gasteiger partial charge in [0.25, 0.3) is 0 Å². The first kappa shape index (κ1) is 17.9. The number of aryl methyl sites for hydroxylation is 1. The first-order chi connectivity index (χ1) is 12.8. The largest absolute Gasteiger partial charge is 0.345 e. The number of nitrogens with one attached hydrogen (secondary N) is 1. The summed E-state index contributed by atoms with van der Waals surface area (Å²) >= 11 is 0. The SMILES string of the molecule is O=C(CCCC[n+]1ccccc1)NC(c1ccccc1)c1ccccc1. The molecule has 1 amide bonds. The standard InChI is InChI=1S/C23H24N2O/c26-22(16-8-11-19-25-17-9-3-10-18-25)24-23(20-12-4-1-5-13-20)21-14-6-2-7-15-21/h1-7,9-10,12-15,17-18,23H,8,11,16,19H2/p+1. The molecule has 1 aromatic heterocycles. The van der Waals surface area contributed by atoms with Crippen molar-refractivity contribution < 1.29 is 9.36 Å². The second-order valence-corrected chi connectivity index (χ2v) is 6.39. The molecule has 132 valence electrons. The fraction of sp³-hybridized carbons (Fsp3) is 0.217. The summed E-state index contributed by atoms with van der Waals surface area (Å²) in [4.78, 5) is 12.5. The van der Waals surface area contributed by atoms with Crippen LogP contribution < -0.4 is 9.88 Å². The van der Waals surface area contributed by atoms with Crippen molar-refractivity contribution in [3.8, 4) is 0 Å². The van der Waals surface area contributed by atoms with Crippen LogP contribution in [0, 0.1) is 0 Å². The Morgan fingerprint density at radius 1 is 0.769 bits per heavy atom. The fourth-order valence-corrected chi connectivity index (χ4v) is 3.05. The maximum atomic E-state index is 12.5. The molecule has 2 aromatic carbocycles. The van der Waals surface area contributed by atoms with E-state index in [1.165, 1.54) is 0 Å². The van der Waals surface area contributed by atoms with Crippen molar-refractivity contribution in [2.45, 2.75) is 31.8 Å². The first-order valence-corrected chi connectivity index (χ1v) is 9.16. The van der Waals surface area contributed by atoms with Crippen molar-refractivity contribution in [1.29, 1.82) is 0 Å². The van der Waals surface area contributed by atoms with Gasteiger partial charge in [0.05, 0.1) is 6.04 Å². The molecule has 3 heteroatoms. The van der Waals surface area contributed by atoms with E-state index < -0.39 is 0 Å². The lowest BCUT2D eigenvalue weighted by atomic mass is 9.98. The van der Waals surface area contributed by atoms with E-state index in [0.29, 0.717) is 6.42 Å². The molecule has 26 heavy (non-hydrogen) atoms. The fourth-order valence-electron chi connectivity index (χ4n) is 3.05. The number of amides is 1. The van der Waals surface area contributed by atoms with Crippen LogP contribution in [0.1, 0.15) is 36.4 Å². The van der Waals surface area contributed by atoms with Gasteiger partial charge in [0.2, 0.25) is 5.91 Å². The number of unbranched alkanes of at least 4 members (excludes halogenated alkanes) is 1. The predicted octanol–water partition coefficient (Wildman–Crippen LogP) is 4.05. The van der Waals surface area contributed by atoms with Crippen LogP contribution in [0.4, 0.5) is 0 Å². The number of nitrogens with zero attached hydrogens (tertiary/aromatic N) is 1. The normalized spacial score (nSPS) is 10.7. The highest BCUT2D eigenvalue weighted by atomic mass is 16.1. The Kier molecular flexibility index (Phi) is 6.54. The van der Waals surface area contributed by atoms with Gasteiger partial charge in [0, 0.05) is 25.0 Å². The number of rotatable bonds is 8. The summed E-state index contributed by atoms with van der Waals surface area (Å²) in [6.45, 7) is 0.939. The van der Waals surface area contributed by atoms with Crippen LogP contribution in [0.3, 0.4) is 0 Å². The van der Waals surface area contributed by atoms with Gasteiger partial charge in [-0.2, -0.15) is 0 Å². The Morgan fingerprint density at radius 2 is 1.31 bits per heavy atom. The monoisotopic (exact) mass is 345 g/mol. The molecule has 0 aliphatic rings. The summed E-state index contributed by atoms with van der Waals surface area (Å²) in [5.41, 5.74) is 2.21. The molecule has 0 saturated heterocycles. The number of hydrogen-bond acceptors (Lipinski definition) is 1. The third kappa shape index (κ3) is 5.28. The average molecular weight is 345 g/mol. The summed E-state index contributed by atoms with van der Waals surface area (Å²) in [6.07, 6.45) is 6.53. The van der Waals surface area contributed by atoms with Crippen LogP contribution in [-0.2, 0) is 11.3 Å². The van der Waals surface area contributed by atoms with E-state index in [1.54, 1.807) is 0 Å². The number of carbonyl (C=O) groups is 1. The van der Waals surface area contributed by atoms with Crippen LogP contribution in [0.15, 0.2) is 91.3 Å². The second-order valence-electron chi connectivity index (χ2n) is 6.39. The molecule has 0 saturated carbocycles. The summed E-state index contributed by atoms with van der Waals surface area (Å²) in [5.74, 6) is 0.0979. The van der Waals surface area contributed by atoms with Gasteiger partial charge >= 0.3 is 0 Å². The quantitative estimate of drug-likeness (QED) is 0.485. The Morgan fingerprint density at radius 3 is 1.88 bits per heavy atom. The minimum atomic E-state index is -0.103. The molecule has 0 atom stereocenters. The smallest absolute Gasteiger partial charge is 0.220 e. The molecule has 1 heterocycles. The molecule has 0 aliphatic carbocycles. The maximum Gasteiger partial charge on any atom is 0.220 e. The average Bonchev–Trinajstić information content (AvgIpc) is 2.71. The van der Waals surface area contributed by atoms with Gasteiger partial charge in [-0.3, -0.25) is 4.79 Å². The Bertz CT molecular complexity index is 749. The number of pyridine rings is 1. The van der Waals surface area contributed by atoms with Gasteiger partial charge in [-0.05, 0) is 17.5 Å². The van der Waals surface area contributed by atoms with E-state index in [9.17, 15) is 4.79 Å². The minimum Gasteiger partial charge on any atom is -0.345 e. The third-order valence-electron chi connectivity index (χ3n) is 4.42. The Labute approximate surface area is 155 Å². The highest BCUT2D eigenvalue weighted by molar-refractivity contribution is 5.77. The van der Waals surface area contributed by atoms with Gasteiger partial charge in [-0.25, -0.2) is 4.57 Å². The summed E-state index contributed by atoms with van der Waals surface area (Å²) in [6, 6.07) is 26.2. The number of benzene rings is 2. The molecule has 3 aromatic rings. The zero-order valence-corrected chi connectivity index (χ0v) is 14.9. The molecule has 0 aliphatic heterocycles. The van der Waals surface area contributed by atoms with Gasteiger partial charge in [-0.1, -0.05) is 66.7 Å². The molecular weight excluding hydrogens is 320 g/mol. The highest BCUT2D eigenvalue weighted by Crippen LogP contribution is 2.21. The molecule has 0 radical (unpaired) electrons. The highest BCUT2D eigenvalue weighted by Gasteiger charge is 2.16. The van der Waals surface area contributed by atoms with Crippen LogP contribution in [0.2, 0.25) is 0 Å². The van der Waals surface area contributed by atoms with Gasteiger partial charge in [0.15, 0.2) is 12.4 Å². The van der Waals surface area contributed by atoms with Gasteiger partial charge in [-0.15, -0.1) is 0 Å². The van der Waals surface area contributed by atoms with Gasteiger partial charge < -0.3 is 5.32 Å². The third-order valence-corrected chi connectivity index (χ3v) is 4.42. The predicted molar refractivity (Wildman–Crippen MR) is 103 cm³/mol. The van der Waals surface area contributed by atoms with Crippen LogP contribution in [0.5, 0.6) is 0 Å². The minimum absolute atomic E-state index is 0.0979. The lowest BCUT2D eigenvalue weighted by molar-refractivity contribution is -0.697. The van der Waals surface area contributed by atoms with E-state index in [4.69, 9.17) is 0 Å². The van der Waals surface area contributed by atoms with Crippen molar-refractivity contribution in [3.63, 3.8) is 0 Å². The molecular formula is C23H25N2O+. The molecule has 3 nitrogen and oxygen atoms in total. The number of carbonyl (C=O) groups excluding carboxylic acids is 1. The zero-order valence-electron chi connectivity index (χ0n) is 14.9. The van der Waals surface area contributed by atoms with E-state index >= 15 is 0 Å². The Balaban J connectivity index is 1.56. The van der Waals surface area contributed by atoms with Crippen molar-refractivity contribution in [1.82, 2.24) is 5.32 Å². The first-order valence-electron chi connectivity index (χ1n) is 9.16. The Hall–Kier alpha value is -2.94. The topological polar surface area (TPSA) is 33.0 Å². The zero-order chi connectivity index (χ0) is 18.0. The van der Waals surface area contributed by atoms with E-state index in [1.807, 2.05) is 54.6 Å². The van der Waals surface area contributed by atoms with Crippen LogP contribution >= 0.6 is 0 Å². The van der Waals surface area contributed by atoms with Gasteiger partial charge in [0.1, 0.15) is 6.54 Å². The molecule has 0 bridgehead atoms. The summed E-state index contributed by atoms with van der Waals surface area (Å²) in [5, 5.41) is 3.20. The van der Waals surface area contributed by atoms with Crippen LogP contribution in [-0.4, -0.2) is 5.91 Å². The van der Waals surface area contributed by atoms with E-state index in [2.05, 4.69) is 46.5 Å². The van der Waals surface area contributed by atoms with E-state index in [0.717, 1.165) is 30.5 Å². The van der Waals surface area contributed by atoms with Crippen molar-refractivity contribution >= 4 is 5.91 Å². The van der Waals surface area contributed by atoms with Crippen molar-refractivity contribution in [2.24, 2.45) is 0 Å². The molecule has 3 rings (SSSR count). The number of aromatic nitrogens is 1. The van der Waals surface area contributed by atoms with Crippen molar-refractivity contribution in [2.75, 3.05) is 0 Å².